The van der Waals surface area contributed by atoms with Crippen LogP contribution < -0.4 is 10.8 Å². The van der Waals surface area contributed by atoms with Crippen LogP contribution in [0.2, 0.25) is 5.02 Å². The van der Waals surface area contributed by atoms with Gasteiger partial charge in [0.1, 0.15) is 30.8 Å². The molecule has 2 aromatic rings. The number of carbonyl (C=O) groups is 2. The fraction of sp³-hybridized carbons (Fsp3) is 0.273. The zero-order chi connectivity index (χ0) is 23.2. The Morgan fingerprint density at radius 3 is 2.59 bits per heavy atom. The van der Waals surface area contributed by atoms with E-state index < -0.39 is 34.6 Å². The summed E-state index contributed by atoms with van der Waals surface area (Å²) in [5, 5.41) is 16.9. The van der Waals surface area contributed by atoms with Crippen molar-refractivity contribution >= 4 is 42.4 Å². The van der Waals surface area contributed by atoms with Crippen molar-refractivity contribution in [2.75, 3.05) is 11.9 Å². The molecule has 2 aliphatic heterocycles. The average Bonchev–Trinajstić information content (AvgIpc) is 3.14. The number of anilines is 1. The van der Waals surface area contributed by atoms with Gasteiger partial charge in [-0.2, -0.15) is 0 Å². The lowest BCUT2D eigenvalue weighted by Gasteiger charge is -2.46. The number of hydrogen-bond donors (Lipinski definition) is 2. The van der Waals surface area contributed by atoms with Crippen molar-refractivity contribution in [2.24, 2.45) is 0 Å². The summed E-state index contributed by atoms with van der Waals surface area (Å²) >= 11 is 6.28. The fourth-order valence-corrected chi connectivity index (χ4v) is 4.44. The molecule has 2 N–H and O–H groups in total. The molecule has 2 aliphatic rings. The standard InChI is InChI=1S/C22H21BClF2N3O3/c1-22-7-4-8-29(22)28(11-12-5-2-3-6-14(12)24)21(32)17(19(22)30)20(31)27-13-9-15(25)18(23)16(26)10-13/h2-3,5-6,9-10,30H,4,7-8,11,23H2,1H3,(H,27,31)/t22-/m1/s1. The minimum Gasteiger partial charge on any atom is -0.509 e. The normalized spacial score (nSPS) is 21.1. The summed E-state index contributed by atoms with van der Waals surface area (Å²) in [4.78, 5) is 26.4. The van der Waals surface area contributed by atoms with Gasteiger partial charge < -0.3 is 10.4 Å². The van der Waals surface area contributed by atoms with Gasteiger partial charge in [0.25, 0.3) is 11.8 Å². The number of hydrazine groups is 1. The number of benzene rings is 2. The Morgan fingerprint density at radius 2 is 1.94 bits per heavy atom. The molecule has 0 aromatic heterocycles. The van der Waals surface area contributed by atoms with Crippen molar-refractivity contribution in [1.29, 1.82) is 0 Å². The molecular weight excluding hydrogens is 439 g/mol. The van der Waals surface area contributed by atoms with E-state index in [1.165, 1.54) is 12.9 Å². The van der Waals surface area contributed by atoms with Gasteiger partial charge >= 0.3 is 0 Å². The number of halogens is 3. The lowest BCUT2D eigenvalue weighted by molar-refractivity contribution is -0.160. The van der Waals surface area contributed by atoms with E-state index in [0.29, 0.717) is 30.0 Å². The summed E-state index contributed by atoms with van der Waals surface area (Å²) in [5.74, 6) is -3.68. The van der Waals surface area contributed by atoms with Gasteiger partial charge in [0.2, 0.25) is 0 Å². The van der Waals surface area contributed by atoms with Gasteiger partial charge in [-0.15, -0.1) is 0 Å². The minimum atomic E-state index is -0.967. The van der Waals surface area contributed by atoms with Gasteiger partial charge in [-0.1, -0.05) is 29.8 Å². The second-order valence-corrected chi connectivity index (χ2v) is 8.60. The van der Waals surface area contributed by atoms with E-state index >= 15 is 0 Å². The van der Waals surface area contributed by atoms with Crippen LogP contribution in [0, 0.1) is 11.6 Å². The highest BCUT2D eigenvalue weighted by atomic mass is 35.5. The van der Waals surface area contributed by atoms with Crippen LogP contribution in [0.25, 0.3) is 0 Å². The number of nitrogens with one attached hydrogen (secondary N) is 1. The van der Waals surface area contributed by atoms with Crippen LogP contribution >= 0.6 is 11.6 Å². The Bertz CT molecular complexity index is 1140. The van der Waals surface area contributed by atoms with Crippen molar-refractivity contribution < 1.29 is 23.5 Å². The van der Waals surface area contributed by atoms with Gasteiger partial charge in [-0.3, -0.25) is 14.6 Å². The molecule has 0 unspecified atom stereocenters. The molecule has 0 aliphatic carbocycles. The molecule has 10 heteroatoms. The second-order valence-electron chi connectivity index (χ2n) is 8.20. The van der Waals surface area contributed by atoms with E-state index in [2.05, 4.69) is 5.32 Å². The van der Waals surface area contributed by atoms with Crippen molar-refractivity contribution in [2.45, 2.75) is 31.8 Å². The molecule has 4 rings (SSSR count). The maximum atomic E-state index is 13.9. The SMILES string of the molecule is Bc1c(F)cc(NC(=O)C2=C(O)[C@@]3(C)CCCN3N(Cc3ccccc3Cl)C2=O)cc1F. The van der Waals surface area contributed by atoms with Crippen LogP contribution in [0.3, 0.4) is 0 Å². The largest absolute Gasteiger partial charge is 0.509 e. The first kappa shape index (κ1) is 22.3. The van der Waals surface area contributed by atoms with E-state index in [1.807, 2.05) is 0 Å². The average molecular weight is 460 g/mol. The van der Waals surface area contributed by atoms with Gasteiger partial charge in [0.05, 0.1) is 12.1 Å². The smallest absolute Gasteiger partial charge is 0.277 e. The topological polar surface area (TPSA) is 72.9 Å². The summed E-state index contributed by atoms with van der Waals surface area (Å²) in [6.45, 7) is 2.37. The summed E-state index contributed by atoms with van der Waals surface area (Å²) < 4.78 is 27.8. The van der Waals surface area contributed by atoms with E-state index in [9.17, 15) is 23.5 Å². The van der Waals surface area contributed by atoms with Gasteiger partial charge in [-0.05, 0) is 49.0 Å². The molecule has 2 amide bonds. The molecule has 1 fully saturated rings. The molecule has 1 atom stereocenters. The first-order valence-electron chi connectivity index (χ1n) is 10.2. The van der Waals surface area contributed by atoms with Gasteiger partial charge in [0.15, 0.2) is 0 Å². The lowest BCUT2D eigenvalue weighted by atomic mass is 9.90. The second kappa shape index (κ2) is 8.22. The molecule has 1 saturated heterocycles. The predicted molar refractivity (Wildman–Crippen MR) is 119 cm³/mol. The molecule has 2 heterocycles. The monoisotopic (exact) mass is 459 g/mol. The fourth-order valence-electron chi connectivity index (χ4n) is 4.25. The summed E-state index contributed by atoms with van der Waals surface area (Å²) in [5.41, 5.74) is -1.08. The van der Waals surface area contributed by atoms with Crippen LogP contribution in [0.4, 0.5) is 14.5 Å². The Balaban J connectivity index is 1.71. The number of aliphatic hydroxyl groups is 1. The quantitative estimate of drug-likeness (QED) is 0.544. The highest BCUT2D eigenvalue weighted by molar-refractivity contribution is 6.33. The lowest BCUT2D eigenvalue weighted by Crippen LogP contribution is -2.60. The number of rotatable bonds is 4. The number of nitrogens with zero attached hydrogens (tertiary/aromatic N) is 2. The third-order valence-corrected chi connectivity index (χ3v) is 6.50. The number of amides is 2. The Kier molecular flexibility index (Phi) is 5.73. The molecule has 6 nitrogen and oxygen atoms in total. The van der Waals surface area contributed by atoms with E-state index in [1.54, 1.807) is 36.2 Å². The highest BCUT2D eigenvalue weighted by Crippen LogP contribution is 2.42. The number of carbonyl (C=O) groups excluding carboxylic acids is 2. The van der Waals surface area contributed by atoms with Gasteiger partial charge in [-0.25, -0.2) is 13.8 Å². The van der Waals surface area contributed by atoms with E-state index in [0.717, 1.165) is 12.1 Å². The van der Waals surface area contributed by atoms with Crippen LogP contribution in [-0.2, 0) is 16.1 Å². The predicted octanol–water partition coefficient (Wildman–Crippen LogP) is 2.44. The minimum absolute atomic E-state index is 0.103. The molecule has 0 spiro atoms. The highest BCUT2D eigenvalue weighted by Gasteiger charge is 2.52. The Labute approximate surface area is 189 Å². The third kappa shape index (κ3) is 3.65. The molecular formula is C22H21BClF2N3O3. The maximum Gasteiger partial charge on any atom is 0.277 e. The Hall–Kier alpha value is -2.91. The van der Waals surface area contributed by atoms with Crippen molar-refractivity contribution in [3.05, 3.63) is 70.0 Å². The van der Waals surface area contributed by atoms with Crippen LogP contribution in [0.5, 0.6) is 0 Å². The zero-order valence-electron chi connectivity index (χ0n) is 17.6. The number of fused-ring (bicyclic) bond motifs is 1. The maximum absolute atomic E-state index is 13.9. The summed E-state index contributed by atoms with van der Waals surface area (Å²) in [6.07, 6.45) is 1.23. The van der Waals surface area contributed by atoms with E-state index in [-0.39, 0.29) is 23.5 Å². The van der Waals surface area contributed by atoms with Crippen molar-refractivity contribution in [3.63, 3.8) is 0 Å². The Morgan fingerprint density at radius 1 is 1.28 bits per heavy atom. The van der Waals surface area contributed by atoms with Crippen LogP contribution in [-0.4, -0.2) is 46.9 Å². The van der Waals surface area contributed by atoms with Crippen molar-refractivity contribution in [1.82, 2.24) is 10.0 Å². The molecule has 0 bridgehead atoms. The molecule has 166 valence electrons. The van der Waals surface area contributed by atoms with Crippen LogP contribution in [0.1, 0.15) is 25.3 Å². The number of hydrogen-bond acceptors (Lipinski definition) is 4. The van der Waals surface area contributed by atoms with Crippen LogP contribution in [0.15, 0.2) is 47.7 Å². The third-order valence-electron chi connectivity index (χ3n) is 6.13. The van der Waals surface area contributed by atoms with Crippen molar-refractivity contribution in [3.8, 4) is 0 Å². The molecule has 0 radical (unpaired) electrons. The summed E-state index contributed by atoms with van der Waals surface area (Å²) in [6, 6.07) is 8.97. The summed E-state index contributed by atoms with van der Waals surface area (Å²) in [7, 11) is 1.28. The molecule has 32 heavy (non-hydrogen) atoms. The van der Waals surface area contributed by atoms with Gasteiger partial charge in [0, 0.05) is 17.3 Å². The molecule has 2 aromatic carbocycles. The zero-order valence-corrected chi connectivity index (χ0v) is 18.3. The molecule has 0 saturated carbocycles. The first-order chi connectivity index (χ1) is 15.1. The number of aliphatic hydroxyl groups excluding tert-OH is 1. The first-order valence-corrected chi connectivity index (χ1v) is 10.5. The van der Waals surface area contributed by atoms with E-state index in [4.69, 9.17) is 11.6 Å².